The number of carbonyl (C=O) groups is 1. The number of hydrogen-bond acceptors (Lipinski definition) is 6. The van der Waals surface area contributed by atoms with Crippen LogP contribution in [0.2, 0.25) is 0 Å². The zero-order chi connectivity index (χ0) is 22.0. The fourth-order valence-corrected chi connectivity index (χ4v) is 3.79. The lowest BCUT2D eigenvalue weighted by Crippen LogP contribution is -2.14. The summed E-state index contributed by atoms with van der Waals surface area (Å²) in [5, 5.41) is 18.2. The number of nitriles is 1. The molecule has 0 spiro atoms. The Bertz CT molecular complexity index is 1300. The Morgan fingerprint density at radius 2 is 2.06 bits per heavy atom. The highest BCUT2D eigenvalue weighted by molar-refractivity contribution is 7.14. The van der Waals surface area contributed by atoms with Gasteiger partial charge in [0, 0.05) is 23.2 Å². The molecule has 3 aromatic heterocycles. The minimum Gasteiger partial charge on any atom is -0.298 e. The van der Waals surface area contributed by atoms with Crippen LogP contribution in [0.15, 0.2) is 54.2 Å². The van der Waals surface area contributed by atoms with Gasteiger partial charge in [-0.05, 0) is 38.1 Å². The molecule has 1 N–H and O–H groups in total. The van der Waals surface area contributed by atoms with Crippen molar-refractivity contribution in [2.45, 2.75) is 19.9 Å². The zero-order valence-electron chi connectivity index (χ0n) is 16.7. The Morgan fingerprint density at radius 3 is 2.81 bits per heavy atom. The molecule has 0 fully saturated rings. The number of benzene rings is 1. The van der Waals surface area contributed by atoms with Gasteiger partial charge in [-0.25, -0.2) is 9.37 Å². The minimum absolute atomic E-state index is 0.0684. The fourth-order valence-electron chi connectivity index (χ4n) is 3.10. The molecule has 4 rings (SSSR count). The van der Waals surface area contributed by atoms with E-state index in [0.717, 1.165) is 0 Å². The first kappa shape index (κ1) is 20.4. The number of nitrogens with zero attached hydrogens (tertiary/aromatic N) is 5. The van der Waals surface area contributed by atoms with Crippen molar-refractivity contribution in [2.75, 3.05) is 5.32 Å². The van der Waals surface area contributed by atoms with Crippen LogP contribution in [0.25, 0.3) is 22.6 Å². The minimum atomic E-state index is -0.440. The van der Waals surface area contributed by atoms with E-state index in [-0.39, 0.29) is 11.6 Å². The molecule has 0 radical (unpaired) electrons. The van der Waals surface area contributed by atoms with Gasteiger partial charge in [-0.15, -0.1) is 11.3 Å². The van der Waals surface area contributed by atoms with Gasteiger partial charge in [0.1, 0.15) is 11.5 Å². The van der Waals surface area contributed by atoms with Crippen molar-refractivity contribution >= 4 is 22.4 Å². The van der Waals surface area contributed by atoms with Crippen molar-refractivity contribution in [3.8, 4) is 28.7 Å². The quantitative estimate of drug-likeness (QED) is 0.483. The second-order valence-electron chi connectivity index (χ2n) is 6.96. The van der Waals surface area contributed by atoms with Crippen molar-refractivity contribution in [3.63, 3.8) is 0 Å². The molecule has 3 heterocycles. The van der Waals surface area contributed by atoms with Gasteiger partial charge in [-0.1, -0.05) is 12.1 Å². The molecule has 1 aromatic carbocycles. The number of rotatable bonds is 5. The number of carbonyl (C=O) groups excluding carboxylic acids is 1. The molecule has 31 heavy (non-hydrogen) atoms. The highest BCUT2D eigenvalue weighted by Gasteiger charge is 2.23. The molecule has 0 saturated carbocycles. The number of aromatic nitrogens is 4. The van der Waals surface area contributed by atoms with Gasteiger partial charge in [0.15, 0.2) is 5.13 Å². The van der Waals surface area contributed by atoms with Crippen LogP contribution in [0.1, 0.15) is 35.8 Å². The Kier molecular flexibility index (Phi) is 5.56. The van der Waals surface area contributed by atoms with Gasteiger partial charge in [-0.3, -0.25) is 19.8 Å². The summed E-state index contributed by atoms with van der Waals surface area (Å²) < 4.78 is 16.1. The van der Waals surface area contributed by atoms with Crippen molar-refractivity contribution in [1.29, 1.82) is 5.26 Å². The summed E-state index contributed by atoms with van der Waals surface area (Å²) in [6, 6.07) is 11.5. The molecule has 4 aromatic rings. The number of anilines is 1. The molecule has 0 unspecified atom stereocenters. The summed E-state index contributed by atoms with van der Waals surface area (Å²) in [5.41, 5.74) is 2.52. The van der Waals surface area contributed by atoms with Crippen molar-refractivity contribution < 1.29 is 9.18 Å². The second-order valence-corrected chi connectivity index (χ2v) is 7.82. The Hall–Kier alpha value is -3.90. The van der Waals surface area contributed by atoms with E-state index in [4.69, 9.17) is 5.26 Å². The lowest BCUT2D eigenvalue weighted by Gasteiger charge is -2.13. The summed E-state index contributed by atoms with van der Waals surface area (Å²) >= 11 is 1.23. The third-order valence-electron chi connectivity index (χ3n) is 4.53. The number of hydrogen-bond donors (Lipinski definition) is 1. The lowest BCUT2D eigenvalue weighted by atomic mass is 10.1. The topological polar surface area (TPSA) is 96.5 Å². The van der Waals surface area contributed by atoms with Gasteiger partial charge in [0.25, 0.3) is 5.91 Å². The Balaban J connectivity index is 1.65. The number of amides is 1. The summed E-state index contributed by atoms with van der Waals surface area (Å²) in [6.45, 7) is 3.82. The predicted molar refractivity (Wildman–Crippen MR) is 116 cm³/mol. The van der Waals surface area contributed by atoms with E-state index in [9.17, 15) is 9.18 Å². The number of pyridine rings is 1. The van der Waals surface area contributed by atoms with E-state index in [1.54, 1.807) is 40.4 Å². The number of thiazole rings is 1. The van der Waals surface area contributed by atoms with Crippen LogP contribution in [0.4, 0.5) is 9.52 Å². The number of halogens is 1. The maximum absolute atomic E-state index is 14.5. The van der Waals surface area contributed by atoms with Gasteiger partial charge >= 0.3 is 0 Å². The van der Waals surface area contributed by atoms with E-state index in [0.29, 0.717) is 33.3 Å². The summed E-state index contributed by atoms with van der Waals surface area (Å²) in [5.74, 6) is -0.872. The maximum atomic E-state index is 14.5. The zero-order valence-corrected chi connectivity index (χ0v) is 17.5. The number of nitrogens with one attached hydrogen (secondary N) is 1. The van der Waals surface area contributed by atoms with E-state index in [2.05, 4.69) is 26.5 Å². The smallest absolute Gasteiger partial charge is 0.261 e. The summed E-state index contributed by atoms with van der Waals surface area (Å²) in [6.07, 6.45) is 2.97. The average molecular weight is 432 g/mol. The van der Waals surface area contributed by atoms with Crippen molar-refractivity contribution in [3.05, 3.63) is 71.1 Å². The van der Waals surface area contributed by atoms with Crippen molar-refractivity contribution in [2.24, 2.45) is 0 Å². The van der Waals surface area contributed by atoms with E-state index < -0.39 is 11.7 Å². The first-order valence-corrected chi connectivity index (χ1v) is 10.3. The summed E-state index contributed by atoms with van der Waals surface area (Å²) in [7, 11) is 0. The standard InChI is InChI=1S/C22H17FN6OS/c1-13(2)29-20(15-5-3-4-6-17(15)23)16(11-26-29)21(30)28-22-27-19(12-31-22)18-9-14(10-24)7-8-25-18/h3-9,11-13H,1-2H3,(H,27,28,30). The molecule has 7 nitrogen and oxygen atoms in total. The van der Waals surface area contributed by atoms with E-state index in [1.807, 2.05) is 13.8 Å². The third kappa shape index (κ3) is 4.06. The van der Waals surface area contributed by atoms with Gasteiger partial charge in [0.2, 0.25) is 0 Å². The highest BCUT2D eigenvalue weighted by Crippen LogP contribution is 2.30. The van der Waals surface area contributed by atoms with Crippen LogP contribution in [0.3, 0.4) is 0 Å². The van der Waals surface area contributed by atoms with Crippen molar-refractivity contribution in [1.82, 2.24) is 19.7 Å². The molecule has 154 valence electrons. The highest BCUT2D eigenvalue weighted by atomic mass is 32.1. The maximum Gasteiger partial charge on any atom is 0.261 e. The molecular formula is C22H17FN6OS. The van der Waals surface area contributed by atoms with Crippen LogP contribution >= 0.6 is 11.3 Å². The van der Waals surface area contributed by atoms with E-state index >= 15 is 0 Å². The Labute approximate surface area is 181 Å². The van der Waals surface area contributed by atoms with Crippen LogP contribution < -0.4 is 5.32 Å². The van der Waals surface area contributed by atoms with Crippen LogP contribution in [0.5, 0.6) is 0 Å². The second kappa shape index (κ2) is 8.45. The molecule has 0 saturated heterocycles. The molecule has 0 aliphatic rings. The van der Waals surface area contributed by atoms with Gasteiger partial charge in [-0.2, -0.15) is 10.4 Å². The fraction of sp³-hybridized carbons (Fsp3) is 0.136. The predicted octanol–water partition coefficient (Wildman–Crippen LogP) is 4.91. The van der Waals surface area contributed by atoms with Crippen LogP contribution in [-0.2, 0) is 0 Å². The van der Waals surface area contributed by atoms with E-state index in [1.165, 1.54) is 29.8 Å². The first-order chi connectivity index (χ1) is 15.0. The lowest BCUT2D eigenvalue weighted by molar-refractivity contribution is 0.102. The van der Waals surface area contributed by atoms with Crippen LogP contribution in [-0.4, -0.2) is 25.7 Å². The normalized spacial score (nSPS) is 10.8. The Morgan fingerprint density at radius 1 is 1.26 bits per heavy atom. The van der Waals surface area contributed by atoms with Gasteiger partial charge in [0.05, 0.1) is 34.8 Å². The van der Waals surface area contributed by atoms with Gasteiger partial charge < -0.3 is 0 Å². The molecule has 0 bridgehead atoms. The van der Waals surface area contributed by atoms with Crippen LogP contribution in [0, 0.1) is 17.1 Å². The molecule has 0 atom stereocenters. The molecule has 0 aliphatic heterocycles. The SMILES string of the molecule is CC(C)n1ncc(C(=O)Nc2nc(-c3cc(C#N)ccn3)cs2)c1-c1ccccc1F. The molecule has 9 heteroatoms. The monoisotopic (exact) mass is 432 g/mol. The molecule has 0 aliphatic carbocycles. The third-order valence-corrected chi connectivity index (χ3v) is 5.29. The average Bonchev–Trinajstić information content (AvgIpc) is 3.41. The first-order valence-electron chi connectivity index (χ1n) is 9.43. The molecule has 1 amide bonds. The summed E-state index contributed by atoms with van der Waals surface area (Å²) in [4.78, 5) is 21.6. The molecular weight excluding hydrogens is 415 g/mol. The largest absolute Gasteiger partial charge is 0.298 e.